The predicted molar refractivity (Wildman–Crippen MR) is 136 cm³/mol. The monoisotopic (exact) mass is 546 g/mol. The number of aliphatic hydroxyl groups excluding tert-OH is 1. The van der Waals surface area contributed by atoms with Crippen LogP contribution < -0.4 is 0 Å². The lowest BCUT2D eigenvalue weighted by atomic mass is 10.2. The van der Waals surface area contributed by atoms with Crippen molar-refractivity contribution in [1.82, 2.24) is 0 Å². The standard InChI is InChI=1S/C28H34O11/c1-20(26(31)36-15-13-34-18-22-9-5-3-6-10-22)38-25(30)17-24(29)28(33)39-21(2)27(32)37-16-14-35-19-23-11-7-4-8-12-23/h3-12,20-21,24,29H,13-19H2,1-2H3. The number of ether oxygens (including phenoxy) is 6. The molecule has 0 radical (unpaired) electrons. The highest BCUT2D eigenvalue weighted by Crippen LogP contribution is 2.06. The molecular formula is C28H34O11. The van der Waals surface area contributed by atoms with E-state index < -0.39 is 48.6 Å². The second kappa shape index (κ2) is 17.7. The third kappa shape index (κ3) is 13.0. The molecule has 2 aromatic rings. The van der Waals surface area contributed by atoms with Gasteiger partial charge in [0.05, 0.1) is 32.8 Å². The van der Waals surface area contributed by atoms with E-state index >= 15 is 0 Å². The average Bonchev–Trinajstić information content (AvgIpc) is 2.93. The highest BCUT2D eigenvalue weighted by molar-refractivity contribution is 5.85. The minimum atomic E-state index is -1.91. The van der Waals surface area contributed by atoms with Gasteiger partial charge in [0.25, 0.3) is 0 Å². The lowest BCUT2D eigenvalue weighted by Gasteiger charge is -2.16. The van der Waals surface area contributed by atoms with Crippen LogP contribution in [0.2, 0.25) is 0 Å². The highest BCUT2D eigenvalue weighted by atomic mass is 16.6. The molecule has 0 aromatic heterocycles. The Morgan fingerprint density at radius 1 is 0.641 bits per heavy atom. The number of hydrogen-bond donors (Lipinski definition) is 1. The third-order valence-corrected chi connectivity index (χ3v) is 5.06. The van der Waals surface area contributed by atoms with Crippen LogP contribution in [0.15, 0.2) is 60.7 Å². The van der Waals surface area contributed by atoms with Gasteiger partial charge in [-0.3, -0.25) is 4.79 Å². The van der Waals surface area contributed by atoms with Crippen LogP contribution >= 0.6 is 0 Å². The Morgan fingerprint density at radius 3 is 1.54 bits per heavy atom. The van der Waals surface area contributed by atoms with E-state index in [-0.39, 0.29) is 26.4 Å². The summed E-state index contributed by atoms with van der Waals surface area (Å²) in [6.07, 6.45) is -5.29. The predicted octanol–water partition coefficient (Wildman–Crippen LogP) is 2.12. The summed E-state index contributed by atoms with van der Waals surface area (Å²) in [4.78, 5) is 48.0. The van der Waals surface area contributed by atoms with Gasteiger partial charge in [-0.15, -0.1) is 0 Å². The van der Waals surface area contributed by atoms with Gasteiger partial charge in [-0.25, -0.2) is 14.4 Å². The summed E-state index contributed by atoms with van der Waals surface area (Å²) in [7, 11) is 0. The number of esters is 4. The second-order valence-corrected chi connectivity index (χ2v) is 8.34. The molecule has 11 nitrogen and oxygen atoms in total. The second-order valence-electron chi connectivity index (χ2n) is 8.34. The zero-order valence-electron chi connectivity index (χ0n) is 22.0. The Hall–Kier alpha value is -3.80. The molecule has 3 atom stereocenters. The van der Waals surface area contributed by atoms with E-state index in [4.69, 9.17) is 28.4 Å². The number of benzene rings is 2. The summed E-state index contributed by atoms with van der Waals surface area (Å²) in [5.74, 6) is -3.91. The van der Waals surface area contributed by atoms with E-state index in [2.05, 4.69) is 0 Å². The molecular weight excluding hydrogens is 512 g/mol. The van der Waals surface area contributed by atoms with Crippen molar-refractivity contribution >= 4 is 23.9 Å². The van der Waals surface area contributed by atoms with Crippen molar-refractivity contribution in [1.29, 1.82) is 0 Å². The molecule has 0 heterocycles. The summed E-state index contributed by atoms with van der Waals surface area (Å²) in [5.41, 5.74) is 1.94. The minimum absolute atomic E-state index is 0.0460. The van der Waals surface area contributed by atoms with Gasteiger partial charge in [0.15, 0.2) is 18.3 Å². The van der Waals surface area contributed by atoms with E-state index in [1.54, 1.807) is 0 Å². The molecule has 1 N–H and O–H groups in total. The molecule has 0 aliphatic carbocycles. The summed E-state index contributed by atoms with van der Waals surface area (Å²) in [6.45, 7) is 3.44. The molecule has 0 bridgehead atoms. The molecule has 0 saturated heterocycles. The van der Waals surface area contributed by atoms with E-state index in [0.29, 0.717) is 13.2 Å². The fraction of sp³-hybridized carbons (Fsp3) is 0.429. The van der Waals surface area contributed by atoms with Crippen LogP contribution in [0.25, 0.3) is 0 Å². The first-order valence-electron chi connectivity index (χ1n) is 12.4. The number of hydrogen-bond acceptors (Lipinski definition) is 11. The van der Waals surface area contributed by atoms with E-state index in [9.17, 15) is 24.3 Å². The lowest BCUT2D eigenvalue weighted by molar-refractivity contribution is -0.176. The molecule has 39 heavy (non-hydrogen) atoms. The van der Waals surface area contributed by atoms with Crippen LogP contribution in [0.3, 0.4) is 0 Å². The smallest absolute Gasteiger partial charge is 0.347 e. The first kappa shape index (κ1) is 31.4. The van der Waals surface area contributed by atoms with Crippen molar-refractivity contribution in [2.45, 2.75) is 51.8 Å². The summed E-state index contributed by atoms with van der Waals surface area (Å²) < 4.78 is 30.5. The largest absolute Gasteiger partial charge is 0.461 e. The van der Waals surface area contributed by atoms with Gasteiger partial charge >= 0.3 is 23.9 Å². The lowest BCUT2D eigenvalue weighted by Crippen LogP contribution is -2.35. The van der Waals surface area contributed by atoms with E-state index in [1.165, 1.54) is 13.8 Å². The minimum Gasteiger partial charge on any atom is -0.461 e. The molecule has 11 heteroatoms. The van der Waals surface area contributed by atoms with Gasteiger partial charge in [0.2, 0.25) is 0 Å². The van der Waals surface area contributed by atoms with E-state index in [1.807, 2.05) is 60.7 Å². The summed E-state index contributed by atoms with van der Waals surface area (Å²) in [6, 6.07) is 18.9. The average molecular weight is 547 g/mol. The SMILES string of the molecule is CC(OC(=O)CC(O)C(=O)OC(C)C(=O)OCCOCc1ccccc1)C(=O)OCCOCc1ccccc1. The Kier molecular flexibility index (Phi) is 14.2. The van der Waals surface area contributed by atoms with Crippen molar-refractivity contribution in [2.24, 2.45) is 0 Å². The number of carbonyl (C=O) groups is 4. The molecule has 2 rings (SSSR count). The van der Waals surface area contributed by atoms with Crippen LogP contribution in [-0.4, -0.2) is 73.7 Å². The topological polar surface area (TPSA) is 144 Å². The van der Waals surface area contributed by atoms with Crippen LogP contribution in [0.4, 0.5) is 0 Å². The highest BCUT2D eigenvalue weighted by Gasteiger charge is 2.28. The Morgan fingerprint density at radius 2 is 1.08 bits per heavy atom. The quantitative estimate of drug-likeness (QED) is 0.177. The summed E-state index contributed by atoms with van der Waals surface area (Å²) >= 11 is 0. The van der Waals surface area contributed by atoms with Crippen LogP contribution in [0.1, 0.15) is 31.4 Å². The maximum absolute atomic E-state index is 12.0. The summed E-state index contributed by atoms with van der Waals surface area (Å²) in [5, 5.41) is 9.94. The molecule has 2 aromatic carbocycles. The normalized spacial score (nSPS) is 13.0. The maximum Gasteiger partial charge on any atom is 0.347 e. The Balaban J connectivity index is 1.57. The molecule has 212 valence electrons. The number of carbonyl (C=O) groups excluding carboxylic acids is 4. The fourth-order valence-electron chi connectivity index (χ4n) is 3.00. The van der Waals surface area contributed by atoms with Gasteiger partial charge in [0.1, 0.15) is 13.2 Å². The zero-order valence-corrected chi connectivity index (χ0v) is 22.0. The molecule has 0 aliphatic heterocycles. The molecule has 0 amide bonds. The molecule has 0 fully saturated rings. The maximum atomic E-state index is 12.0. The van der Waals surface area contributed by atoms with Gasteiger partial charge in [-0.2, -0.15) is 0 Å². The van der Waals surface area contributed by atoms with Crippen molar-refractivity contribution in [3.05, 3.63) is 71.8 Å². The first-order valence-corrected chi connectivity index (χ1v) is 12.4. The van der Waals surface area contributed by atoms with Crippen molar-refractivity contribution < 1.29 is 52.7 Å². The van der Waals surface area contributed by atoms with Gasteiger partial charge in [-0.1, -0.05) is 60.7 Å². The zero-order chi connectivity index (χ0) is 28.5. The van der Waals surface area contributed by atoms with Crippen LogP contribution in [0, 0.1) is 0 Å². The van der Waals surface area contributed by atoms with Crippen molar-refractivity contribution in [3.8, 4) is 0 Å². The van der Waals surface area contributed by atoms with Crippen molar-refractivity contribution in [2.75, 3.05) is 26.4 Å². The Labute approximate surface area is 226 Å². The first-order chi connectivity index (χ1) is 18.8. The van der Waals surface area contributed by atoms with Crippen molar-refractivity contribution in [3.63, 3.8) is 0 Å². The number of aliphatic hydroxyl groups is 1. The van der Waals surface area contributed by atoms with Gasteiger partial charge < -0.3 is 33.5 Å². The third-order valence-electron chi connectivity index (χ3n) is 5.06. The molecule has 3 unspecified atom stereocenters. The van der Waals surface area contributed by atoms with E-state index in [0.717, 1.165) is 11.1 Å². The molecule has 0 aliphatic rings. The molecule has 0 saturated carbocycles. The van der Waals surface area contributed by atoms with Gasteiger partial charge in [-0.05, 0) is 25.0 Å². The number of rotatable bonds is 17. The van der Waals surface area contributed by atoms with Crippen LogP contribution in [0.5, 0.6) is 0 Å². The van der Waals surface area contributed by atoms with Crippen LogP contribution in [-0.2, 0) is 60.8 Å². The Bertz CT molecular complexity index is 1030. The van der Waals surface area contributed by atoms with Gasteiger partial charge in [0, 0.05) is 0 Å². The molecule has 0 spiro atoms. The fourth-order valence-corrected chi connectivity index (χ4v) is 3.00.